The Morgan fingerprint density at radius 2 is 1.86 bits per heavy atom. The summed E-state index contributed by atoms with van der Waals surface area (Å²) in [6.07, 6.45) is 4.31. The number of halogens is 1. The quantitative estimate of drug-likeness (QED) is 0.344. The third kappa shape index (κ3) is 5.58. The highest BCUT2D eigenvalue weighted by molar-refractivity contribution is 7.89. The third-order valence-electron chi connectivity index (χ3n) is 6.13. The lowest BCUT2D eigenvalue weighted by Crippen LogP contribution is -2.29. The van der Waals surface area contributed by atoms with E-state index in [2.05, 4.69) is 9.71 Å². The fourth-order valence-electron chi connectivity index (χ4n) is 4.25. The van der Waals surface area contributed by atoms with Crippen molar-refractivity contribution in [2.45, 2.75) is 31.2 Å². The van der Waals surface area contributed by atoms with Crippen LogP contribution in [0.25, 0.3) is 10.9 Å². The summed E-state index contributed by atoms with van der Waals surface area (Å²) < 4.78 is 42.5. The summed E-state index contributed by atoms with van der Waals surface area (Å²) in [6.45, 7) is 2.12. The summed E-state index contributed by atoms with van der Waals surface area (Å²) >= 11 is 0. The molecule has 0 aliphatic heterocycles. The number of hydrogen-bond acceptors (Lipinski definition) is 4. The Hall–Kier alpha value is -3.56. The van der Waals surface area contributed by atoms with E-state index in [0.29, 0.717) is 6.42 Å². The first kappa shape index (κ1) is 24.6. The van der Waals surface area contributed by atoms with Crippen molar-refractivity contribution in [3.63, 3.8) is 0 Å². The maximum Gasteiger partial charge on any atom is 0.308 e. The second kappa shape index (κ2) is 10.4. The molecule has 0 amide bonds. The number of carboxylic acid groups (broad SMARTS) is 1. The van der Waals surface area contributed by atoms with Crippen LogP contribution in [0.15, 0.2) is 78.0 Å². The lowest BCUT2D eigenvalue weighted by atomic mass is 10.0. The van der Waals surface area contributed by atoms with E-state index in [4.69, 9.17) is 0 Å². The fraction of sp³-hybridized carbons (Fsp3) is 0.231. The van der Waals surface area contributed by atoms with Crippen LogP contribution in [-0.2, 0) is 27.8 Å². The van der Waals surface area contributed by atoms with Gasteiger partial charge in [0.15, 0.2) is 0 Å². The summed E-state index contributed by atoms with van der Waals surface area (Å²) in [6, 6.07) is 16.2. The molecule has 9 heteroatoms. The number of aromatic nitrogens is 2. The van der Waals surface area contributed by atoms with Crippen LogP contribution < -0.4 is 4.72 Å². The second-order valence-electron chi connectivity index (χ2n) is 8.41. The maximum absolute atomic E-state index is 13.1. The minimum Gasteiger partial charge on any atom is -0.481 e. The van der Waals surface area contributed by atoms with Crippen molar-refractivity contribution in [2.75, 3.05) is 6.54 Å². The maximum atomic E-state index is 13.1. The van der Waals surface area contributed by atoms with E-state index in [0.717, 1.165) is 39.9 Å². The number of para-hydroxylation sites is 1. The van der Waals surface area contributed by atoms with E-state index >= 15 is 0 Å². The minimum absolute atomic E-state index is 0.0581. The van der Waals surface area contributed by atoms with Crippen molar-refractivity contribution < 1.29 is 22.7 Å². The van der Waals surface area contributed by atoms with Crippen LogP contribution in [0.4, 0.5) is 4.39 Å². The van der Waals surface area contributed by atoms with E-state index in [1.807, 2.05) is 54.1 Å². The third-order valence-corrected chi connectivity index (χ3v) is 7.60. The number of nitrogens with one attached hydrogen (secondary N) is 1. The molecule has 0 fully saturated rings. The van der Waals surface area contributed by atoms with E-state index in [1.54, 1.807) is 6.20 Å². The van der Waals surface area contributed by atoms with Crippen LogP contribution in [0.5, 0.6) is 0 Å². The number of pyridine rings is 1. The zero-order valence-electron chi connectivity index (χ0n) is 19.2. The molecule has 0 bridgehead atoms. The second-order valence-corrected chi connectivity index (χ2v) is 10.2. The van der Waals surface area contributed by atoms with Crippen LogP contribution in [-0.4, -0.2) is 35.6 Å². The normalized spacial score (nSPS) is 12.6. The molecule has 1 unspecified atom stereocenters. The number of hydrogen-bond donors (Lipinski definition) is 2. The summed E-state index contributed by atoms with van der Waals surface area (Å²) in [5.41, 5.74) is 4.06. The molecule has 2 aromatic heterocycles. The van der Waals surface area contributed by atoms with Crippen LogP contribution in [0.1, 0.15) is 23.2 Å². The SMILES string of the molecule is Cc1c(Cc2cccnc2)c2ccccc2n1CC(CCNS(=O)(=O)c1ccc(F)cc1)C(=O)O. The van der Waals surface area contributed by atoms with E-state index in [1.165, 1.54) is 12.1 Å². The molecule has 2 aromatic carbocycles. The molecular formula is C26H26FN3O4S. The molecule has 0 radical (unpaired) electrons. The molecule has 0 spiro atoms. The van der Waals surface area contributed by atoms with Gasteiger partial charge in [0.05, 0.1) is 10.8 Å². The lowest BCUT2D eigenvalue weighted by Gasteiger charge is -2.17. The van der Waals surface area contributed by atoms with E-state index in [-0.39, 0.29) is 24.4 Å². The van der Waals surface area contributed by atoms with Gasteiger partial charge in [-0.3, -0.25) is 9.78 Å². The zero-order valence-corrected chi connectivity index (χ0v) is 20.0. The number of nitrogens with zero attached hydrogens (tertiary/aromatic N) is 2. The van der Waals surface area contributed by atoms with Gasteiger partial charge in [-0.25, -0.2) is 17.5 Å². The molecule has 0 aliphatic rings. The summed E-state index contributed by atoms with van der Waals surface area (Å²) in [7, 11) is -3.87. The zero-order chi connectivity index (χ0) is 25.0. The largest absolute Gasteiger partial charge is 0.481 e. The smallest absolute Gasteiger partial charge is 0.308 e. The van der Waals surface area contributed by atoms with E-state index < -0.39 is 27.7 Å². The number of benzene rings is 2. The average molecular weight is 496 g/mol. The van der Waals surface area contributed by atoms with Crippen LogP contribution in [0.3, 0.4) is 0 Å². The Balaban J connectivity index is 1.53. The van der Waals surface area contributed by atoms with Gasteiger partial charge in [0.1, 0.15) is 5.82 Å². The van der Waals surface area contributed by atoms with Crippen molar-refractivity contribution >= 4 is 26.9 Å². The lowest BCUT2D eigenvalue weighted by molar-refractivity contribution is -0.142. The molecule has 2 heterocycles. The molecule has 182 valence electrons. The van der Waals surface area contributed by atoms with Crippen molar-refractivity contribution in [3.05, 3.63) is 95.7 Å². The van der Waals surface area contributed by atoms with Crippen LogP contribution in [0, 0.1) is 18.7 Å². The van der Waals surface area contributed by atoms with Crippen molar-refractivity contribution in [1.82, 2.24) is 14.3 Å². The predicted octanol–water partition coefficient (Wildman–Crippen LogP) is 4.14. The Bertz CT molecular complexity index is 1430. The Morgan fingerprint density at radius 1 is 1.11 bits per heavy atom. The molecule has 2 N–H and O–H groups in total. The van der Waals surface area contributed by atoms with Gasteiger partial charge in [-0.1, -0.05) is 24.3 Å². The van der Waals surface area contributed by atoms with Gasteiger partial charge in [0.2, 0.25) is 10.0 Å². The monoisotopic (exact) mass is 495 g/mol. The number of fused-ring (bicyclic) bond motifs is 1. The Kier molecular flexibility index (Phi) is 7.28. The van der Waals surface area contributed by atoms with Gasteiger partial charge in [0.25, 0.3) is 0 Å². The van der Waals surface area contributed by atoms with Gasteiger partial charge >= 0.3 is 5.97 Å². The predicted molar refractivity (Wildman–Crippen MR) is 131 cm³/mol. The average Bonchev–Trinajstić information content (AvgIpc) is 3.10. The number of aliphatic carboxylic acids is 1. The highest BCUT2D eigenvalue weighted by Crippen LogP contribution is 2.29. The number of sulfonamides is 1. The highest BCUT2D eigenvalue weighted by Gasteiger charge is 2.23. The van der Waals surface area contributed by atoms with Gasteiger partial charge in [0, 0.05) is 48.5 Å². The molecular weight excluding hydrogens is 469 g/mol. The molecule has 0 saturated carbocycles. The van der Waals surface area contributed by atoms with Crippen molar-refractivity contribution in [2.24, 2.45) is 5.92 Å². The Labute approximate surface area is 203 Å². The molecule has 4 rings (SSSR count). The van der Waals surface area contributed by atoms with Crippen molar-refractivity contribution in [3.8, 4) is 0 Å². The molecule has 0 saturated heterocycles. The number of rotatable bonds is 10. The number of carbonyl (C=O) groups is 1. The first-order chi connectivity index (χ1) is 16.8. The van der Waals surface area contributed by atoms with Gasteiger partial charge < -0.3 is 9.67 Å². The Morgan fingerprint density at radius 3 is 2.54 bits per heavy atom. The summed E-state index contributed by atoms with van der Waals surface area (Å²) in [4.78, 5) is 16.2. The van der Waals surface area contributed by atoms with Gasteiger partial charge in [-0.15, -0.1) is 0 Å². The molecule has 4 aromatic rings. The fourth-order valence-corrected chi connectivity index (χ4v) is 5.29. The minimum atomic E-state index is -3.87. The molecule has 0 aliphatic carbocycles. The van der Waals surface area contributed by atoms with Crippen molar-refractivity contribution in [1.29, 1.82) is 0 Å². The number of carboxylic acids is 1. The van der Waals surface area contributed by atoms with Crippen LogP contribution >= 0.6 is 0 Å². The molecule has 7 nitrogen and oxygen atoms in total. The molecule has 1 atom stereocenters. The molecule has 35 heavy (non-hydrogen) atoms. The summed E-state index contributed by atoms with van der Waals surface area (Å²) in [5.74, 6) is -2.35. The topological polar surface area (TPSA) is 101 Å². The van der Waals surface area contributed by atoms with E-state index in [9.17, 15) is 22.7 Å². The standard InChI is InChI=1S/C26H26FN3O4S/c1-18-24(15-19-5-4-13-28-16-19)23-6-2-3-7-25(23)30(18)17-20(26(31)32)12-14-29-35(33,34)22-10-8-21(27)9-11-22/h2-11,13,16,20,29H,12,14-15,17H2,1H3,(H,31,32). The van der Waals surface area contributed by atoms with Gasteiger partial charge in [-0.2, -0.15) is 0 Å². The summed E-state index contributed by atoms with van der Waals surface area (Å²) in [5, 5.41) is 10.9. The highest BCUT2D eigenvalue weighted by atomic mass is 32.2. The first-order valence-electron chi connectivity index (χ1n) is 11.2. The van der Waals surface area contributed by atoms with Gasteiger partial charge in [-0.05, 0) is 60.9 Å². The first-order valence-corrected chi connectivity index (χ1v) is 12.7. The van der Waals surface area contributed by atoms with Crippen LogP contribution in [0.2, 0.25) is 0 Å².